The van der Waals surface area contributed by atoms with Crippen LogP contribution in [0.2, 0.25) is 0 Å². The molecule has 0 fully saturated rings. The SMILES string of the molecule is CSc1ncc2c(=O)n(C(C)C)n(-c3cccc(C(C)(C)F)n3)c2n1. The van der Waals surface area contributed by atoms with Crippen molar-refractivity contribution in [3.05, 3.63) is 40.4 Å². The highest BCUT2D eigenvalue weighted by atomic mass is 32.2. The highest BCUT2D eigenvalue weighted by Crippen LogP contribution is 2.25. The number of fused-ring (bicyclic) bond motifs is 1. The number of hydrogen-bond acceptors (Lipinski definition) is 5. The molecule has 0 radical (unpaired) electrons. The van der Waals surface area contributed by atoms with Crippen LogP contribution in [0, 0.1) is 0 Å². The maximum atomic E-state index is 14.3. The van der Waals surface area contributed by atoms with Gasteiger partial charge in [0.25, 0.3) is 5.56 Å². The van der Waals surface area contributed by atoms with E-state index < -0.39 is 5.67 Å². The fraction of sp³-hybridized carbons (Fsp3) is 0.412. The lowest BCUT2D eigenvalue weighted by Gasteiger charge is -2.18. The Balaban J connectivity index is 2.38. The van der Waals surface area contributed by atoms with E-state index in [1.165, 1.54) is 31.8 Å². The molecule has 0 bridgehead atoms. The lowest BCUT2D eigenvalue weighted by atomic mass is 10.1. The Labute approximate surface area is 149 Å². The molecule has 25 heavy (non-hydrogen) atoms. The van der Waals surface area contributed by atoms with Crippen LogP contribution in [0.25, 0.3) is 16.9 Å². The summed E-state index contributed by atoms with van der Waals surface area (Å²) in [6.45, 7) is 6.72. The zero-order chi connectivity index (χ0) is 18.4. The summed E-state index contributed by atoms with van der Waals surface area (Å²) in [5, 5.41) is 0.974. The van der Waals surface area contributed by atoms with Gasteiger partial charge in [-0.1, -0.05) is 17.8 Å². The second-order valence-electron chi connectivity index (χ2n) is 6.50. The average molecular weight is 361 g/mol. The van der Waals surface area contributed by atoms with Gasteiger partial charge in [0.2, 0.25) is 0 Å². The molecule has 0 saturated heterocycles. The maximum Gasteiger partial charge on any atom is 0.278 e. The maximum absolute atomic E-state index is 14.3. The minimum absolute atomic E-state index is 0.122. The van der Waals surface area contributed by atoms with Gasteiger partial charge in [-0.05, 0) is 46.1 Å². The Kier molecular flexibility index (Phi) is 4.40. The summed E-state index contributed by atoms with van der Waals surface area (Å²) in [5.41, 5.74) is -1.00. The molecular weight excluding hydrogens is 341 g/mol. The third kappa shape index (κ3) is 3.06. The van der Waals surface area contributed by atoms with Crippen LogP contribution in [-0.4, -0.2) is 30.6 Å². The van der Waals surface area contributed by atoms with Gasteiger partial charge in [0.05, 0.1) is 5.69 Å². The molecule has 0 spiro atoms. The van der Waals surface area contributed by atoms with Crippen LogP contribution in [0.15, 0.2) is 34.3 Å². The first-order chi connectivity index (χ1) is 11.7. The van der Waals surface area contributed by atoms with E-state index in [1.807, 2.05) is 20.1 Å². The molecule has 3 aromatic rings. The van der Waals surface area contributed by atoms with Gasteiger partial charge in [0.1, 0.15) is 11.1 Å². The molecule has 0 atom stereocenters. The summed E-state index contributed by atoms with van der Waals surface area (Å²) in [7, 11) is 0. The molecule has 132 valence electrons. The Morgan fingerprint density at radius 3 is 2.56 bits per heavy atom. The first kappa shape index (κ1) is 17.6. The van der Waals surface area contributed by atoms with Crippen molar-refractivity contribution in [2.45, 2.75) is 44.6 Å². The number of halogens is 1. The van der Waals surface area contributed by atoms with Gasteiger partial charge in [-0.15, -0.1) is 0 Å². The normalized spacial score (nSPS) is 12.3. The fourth-order valence-corrected chi connectivity index (χ4v) is 2.98. The molecule has 0 amide bonds. The van der Waals surface area contributed by atoms with Crippen molar-refractivity contribution in [2.24, 2.45) is 0 Å². The fourth-order valence-electron chi connectivity index (χ4n) is 2.64. The highest BCUT2D eigenvalue weighted by Gasteiger charge is 2.24. The summed E-state index contributed by atoms with van der Waals surface area (Å²) in [4.78, 5) is 25.9. The minimum atomic E-state index is -1.58. The second-order valence-corrected chi connectivity index (χ2v) is 7.28. The third-order valence-electron chi connectivity index (χ3n) is 3.83. The summed E-state index contributed by atoms with van der Waals surface area (Å²) in [6.07, 6.45) is 3.41. The van der Waals surface area contributed by atoms with Crippen molar-refractivity contribution < 1.29 is 4.39 Å². The largest absolute Gasteiger partial charge is 0.278 e. The van der Waals surface area contributed by atoms with E-state index in [1.54, 1.807) is 27.6 Å². The molecule has 0 saturated carbocycles. The number of thioether (sulfide) groups is 1. The predicted molar refractivity (Wildman–Crippen MR) is 97.2 cm³/mol. The van der Waals surface area contributed by atoms with Crippen molar-refractivity contribution in [3.8, 4) is 5.82 Å². The van der Waals surface area contributed by atoms with E-state index in [0.29, 0.717) is 27.7 Å². The van der Waals surface area contributed by atoms with Gasteiger partial charge < -0.3 is 0 Å². The standard InChI is InChI=1S/C17H20FN5OS/c1-10(2)22-15(24)11-9-19-16(25-5)21-14(11)23(22)13-8-6-7-12(20-13)17(3,4)18/h6-10H,1-5H3. The first-order valence-corrected chi connectivity index (χ1v) is 9.17. The quantitative estimate of drug-likeness (QED) is 0.526. The topological polar surface area (TPSA) is 65.6 Å². The van der Waals surface area contributed by atoms with Crippen LogP contribution < -0.4 is 5.56 Å². The summed E-state index contributed by atoms with van der Waals surface area (Å²) >= 11 is 1.39. The number of pyridine rings is 1. The van der Waals surface area contributed by atoms with Gasteiger partial charge in [-0.25, -0.2) is 28.7 Å². The van der Waals surface area contributed by atoms with Crippen LogP contribution in [0.3, 0.4) is 0 Å². The lowest BCUT2D eigenvalue weighted by Crippen LogP contribution is -2.25. The smallest absolute Gasteiger partial charge is 0.267 e. The highest BCUT2D eigenvalue weighted by molar-refractivity contribution is 7.98. The molecule has 6 nitrogen and oxygen atoms in total. The van der Waals surface area contributed by atoms with Crippen molar-refractivity contribution >= 4 is 22.8 Å². The lowest BCUT2D eigenvalue weighted by molar-refractivity contribution is 0.214. The van der Waals surface area contributed by atoms with Crippen LogP contribution in [-0.2, 0) is 5.67 Å². The van der Waals surface area contributed by atoms with E-state index in [9.17, 15) is 9.18 Å². The zero-order valence-electron chi connectivity index (χ0n) is 14.8. The number of hydrogen-bond donors (Lipinski definition) is 0. The van der Waals surface area contributed by atoms with E-state index >= 15 is 0 Å². The second kappa shape index (κ2) is 6.25. The van der Waals surface area contributed by atoms with Gasteiger partial charge in [-0.2, -0.15) is 0 Å². The molecule has 3 aromatic heterocycles. The number of alkyl halides is 1. The Hall–Kier alpha value is -2.22. The summed E-state index contributed by atoms with van der Waals surface area (Å²) in [6, 6.07) is 4.99. The van der Waals surface area contributed by atoms with E-state index in [4.69, 9.17) is 0 Å². The molecular formula is C17H20FN5OS. The Morgan fingerprint density at radius 1 is 1.24 bits per heavy atom. The Morgan fingerprint density at radius 2 is 1.96 bits per heavy atom. The molecule has 3 rings (SSSR count). The van der Waals surface area contributed by atoms with Crippen LogP contribution in [0.5, 0.6) is 0 Å². The summed E-state index contributed by atoms with van der Waals surface area (Å²) in [5.74, 6) is 0.453. The van der Waals surface area contributed by atoms with E-state index in [0.717, 1.165) is 0 Å². The molecule has 0 aliphatic carbocycles. The molecule has 0 aliphatic rings. The van der Waals surface area contributed by atoms with Gasteiger partial charge >= 0.3 is 0 Å². The molecule has 8 heteroatoms. The average Bonchev–Trinajstić information content (AvgIpc) is 2.86. The van der Waals surface area contributed by atoms with Crippen LogP contribution in [0.1, 0.15) is 39.4 Å². The van der Waals surface area contributed by atoms with Crippen molar-refractivity contribution in [2.75, 3.05) is 6.26 Å². The van der Waals surface area contributed by atoms with Crippen LogP contribution >= 0.6 is 11.8 Å². The minimum Gasteiger partial charge on any atom is -0.267 e. The summed E-state index contributed by atoms with van der Waals surface area (Å²) < 4.78 is 17.6. The van der Waals surface area contributed by atoms with E-state index in [-0.39, 0.29) is 11.6 Å². The van der Waals surface area contributed by atoms with Crippen molar-refractivity contribution in [3.63, 3.8) is 0 Å². The first-order valence-electron chi connectivity index (χ1n) is 7.95. The van der Waals surface area contributed by atoms with Crippen molar-refractivity contribution in [1.82, 2.24) is 24.3 Å². The predicted octanol–water partition coefficient (Wildman–Crippen LogP) is 3.48. The number of nitrogens with zero attached hydrogens (tertiary/aromatic N) is 5. The molecule has 0 aliphatic heterocycles. The third-order valence-corrected chi connectivity index (χ3v) is 4.40. The zero-order valence-corrected chi connectivity index (χ0v) is 15.6. The monoisotopic (exact) mass is 361 g/mol. The van der Waals surface area contributed by atoms with Crippen molar-refractivity contribution in [1.29, 1.82) is 0 Å². The Bertz CT molecular complexity index is 987. The number of rotatable bonds is 4. The van der Waals surface area contributed by atoms with Gasteiger partial charge in [-0.3, -0.25) is 4.79 Å². The van der Waals surface area contributed by atoms with Gasteiger partial charge in [0.15, 0.2) is 16.6 Å². The molecule has 0 N–H and O–H groups in total. The molecule has 0 unspecified atom stereocenters. The number of aromatic nitrogens is 5. The molecule has 3 heterocycles. The van der Waals surface area contributed by atoms with Crippen LogP contribution in [0.4, 0.5) is 4.39 Å². The van der Waals surface area contributed by atoms with E-state index in [2.05, 4.69) is 15.0 Å². The van der Waals surface area contributed by atoms with Gasteiger partial charge in [0, 0.05) is 12.2 Å². The molecule has 0 aromatic carbocycles.